The zero-order valence-electron chi connectivity index (χ0n) is 23.1. The highest BCUT2D eigenvalue weighted by Gasteiger charge is 2.45. The summed E-state index contributed by atoms with van der Waals surface area (Å²) >= 11 is 1.61. The number of rotatable bonds is 6. The number of nitrogens with zero attached hydrogens (tertiary/aromatic N) is 3. The number of aliphatic hydroxyl groups excluding tert-OH is 1. The molecule has 2 fully saturated rings. The number of nitriles is 1. The lowest BCUT2D eigenvalue weighted by Crippen LogP contribution is -2.52. The van der Waals surface area contributed by atoms with Crippen LogP contribution in [0.25, 0.3) is 21.7 Å². The number of ether oxygens (including phenoxy) is 1. The third-order valence-electron chi connectivity index (χ3n) is 9.23. The Morgan fingerprint density at radius 1 is 1.18 bits per heavy atom. The van der Waals surface area contributed by atoms with Gasteiger partial charge >= 0.3 is 0 Å². The molecule has 3 aliphatic rings. The fourth-order valence-corrected chi connectivity index (χ4v) is 7.21. The molecule has 1 saturated heterocycles. The first-order valence-corrected chi connectivity index (χ1v) is 14.8. The maximum atomic E-state index is 14.1. The Morgan fingerprint density at radius 2 is 1.98 bits per heavy atom. The van der Waals surface area contributed by atoms with Gasteiger partial charge in [0, 0.05) is 29.1 Å². The molecule has 0 unspecified atom stereocenters. The van der Waals surface area contributed by atoms with Gasteiger partial charge in [-0.05, 0) is 87.6 Å². The summed E-state index contributed by atoms with van der Waals surface area (Å²) in [7, 11) is 1.55. The molecule has 3 aromatic rings. The first kappa shape index (κ1) is 26.6. The second-order valence-electron chi connectivity index (χ2n) is 11.5. The summed E-state index contributed by atoms with van der Waals surface area (Å²) in [5, 5.41) is 25.2. The summed E-state index contributed by atoms with van der Waals surface area (Å²) in [6, 6.07) is 12.1. The Bertz CT molecular complexity index is 1530. The molecule has 1 aliphatic carbocycles. The van der Waals surface area contributed by atoms with E-state index in [-0.39, 0.29) is 11.8 Å². The van der Waals surface area contributed by atoms with Gasteiger partial charge in [0.25, 0.3) is 11.8 Å². The van der Waals surface area contributed by atoms with Gasteiger partial charge in [0.1, 0.15) is 17.0 Å². The number of carbonyl (C=O) groups is 2. The molecule has 40 heavy (non-hydrogen) atoms. The van der Waals surface area contributed by atoms with E-state index in [1.54, 1.807) is 25.4 Å². The number of methoxy groups -OCH3 is 1. The normalized spacial score (nSPS) is 21.5. The number of hydrogen-bond donors (Lipinski definition) is 2. The number of nitrogens with one attached hydrogen (secondary N) is 1. The number of carbonyl (C=O) groups excluding carboxylic acids is 2. The predicted octanol–water partition coefficient (Wildman–Crippen LogP) is 5.00. The Hall–Kier alpha value is -3.61. The SMILES string of the molecule is COc1cc2c(cc1C(=O)NC1(C#N)CCC1)-c1c(-c3cccs3)cc(C(=O)N3CCC[C@]3(C)[C@@H](C)O)n1CC2. The Kier molecular flexibility index (Phi) is 6.51. The quantitative estimate of drug-likeness (QED) is 0.443. The van der Waals surface area contributed by atoms with Crippen molar-refractivity contribution in [2.45, 2.75) is 76.1 Å². The van der Waals surface area contributed by atoms with Crippen molar-refractivity contribution < 1.29 is 19.4 Å². The molecule has 0 bridgehead atoms. The van der Waals surface area contributed by atoms with Gasteiger partial charge in [0.15, 0.2) is 0 Å². The van der Waals surface area contributed by atoms with Gasteiger partial charge in [-0.2, -0.15) is 5.26 Å². The van der Waals surface area contributed by atoms with E-state index in [0.717, 1.165) is 46.5 Å². The summed E-state index contributed by atoms with van der Waals surface area (Å²) < 4.78 is 7.73. The second-order valence-corrected chi connectivity index (χ2v) is 12.4. The predicted molar refractivity (Wildman–Crippen MR) is 153 cm³/mol. The minimum atomic E-state index is -0.827. The number of benzene rings is 1. The lowest BCUT2D eigenvalue weighted by molar-refractivity contribution is 0.0145. The van der Waals surface area contributed by atoms with Crippen LogP contribution < -0.4 is 10.1 Å². The molecule has 2 aromatic heterocycles. The minimum absolute atomic E-state index is 0.0826. The summed E-state index contributed by atoms with van der Waals surface area (Å²) in [6.07, 6.45) is 3.83. The third kappa shape index (κ3) is 4.04. The largest absolute Gasteiger partial charge is 0.496 e. The number of thiophene rings is 1. The zero-order chi connectivity index (χ0) is 28.2. The zero-order valence-corrected chi connectivity index (χ0v) is 23.9. The number of hydrogen-bond acceptors (Lipinski definition) is 6. The van der Waals surface area contributed by atoms with Gasteiger partial charge in [0.2, 0.25) is 0 Å². The van der Waals surface area contributed by atoms with Crippen LogP contribution >= 0.6 is 11.3 Å². The topological polar surface area (TPSA) is 108 Å². The highest BCUT2D eigenvalue weighted by molar-refractivity contribution is 7.13. The monoisotopic (exact) mass is 558 g/mol. The second kappa shape index (κ2) is 9.79. The van der Waals surface area contributed by atoms with Gasteiger partial charge in [0.05, 0.1) is 36.1 Å². The number of aromatic nitrogens is 1. The number of fused-ring (bicyclic) bond motifs is 3. The highest BCUT2D eigenvalue weighted by Crippen LogP contribution is 2.45. The molecule has 0 spiro atoms. The molecule has 1 aromatic carbocycles. The van der Waals surface area contributed by atoms with Crippen molar-refractivity contribution >= 4 is 23.2 Å². The molecule has 2 atom stereocenters. The number of aryl methyl sites for hydroxylation is 1. The average Bonchev–Trinajstić information content (AvgIpc) is 3.68. The van der Waals surface area contributed by atoms with Crippen molar-refractivity contribution in [3.05, 3.63) is 52.5 Å². The van der Waals surface area contributed by atoms with Crippen LogP contribution in [-0.2, 0) is 13.0 Å². The van der Waals surface area contributed by atoms with Crippen LogP contribution in [0, 0.1) is 11.3 Å². The lowest BCUT2D eigenvalue weighted by atomic mass is 9.78. The molecule has 2 aliphatic heterocycles. The van der Waals surface area contributed by atoms with Crippen molar-refractivity contribution in [1.82, 2.24) is 14.8 Å². The molecule has 2 amide bonds. The Balaban J connectivity index is 1.48. The fraction of sp³-hybridized carbons (Fsp3) is 0.452. The number of likely N-dealkylation sites (tertiary alicyclic amines) is 1. The van der Waals surface area contributed by atoms with Gasteiger partial charge < -0.3 is 24.6 Å². The maximum absolute atomic E-state index is 14.1. The smallest absolute Gasteiger partial charge is 0.271 e. The molecule has 1 saturated carbocycles. The van der Waals surface area contributed by atoms with Gasteiger partial charge in [-0.1, -0.05) is 6.07 Å². The summed E-state index contributed by atoms with van der Waals surface area (Å²) in [5.74, 6) is 0.0616. The van der Waals surface area contributed by atoms with E-state index in [4.69, 9.17) is 4.74 Å². The fourth-order valence-electron chi connectivity index (χ4n) is 6.47. The van der Waals surface area contributed by atoms with Crippen molar-refractivity contribution in [2.75, 3.05) is 13.7 Å². The van der Waals surface area contributed by atoms with Crippen molar-refractivity contribution in [1.29, 1.82) is 5.26 Å². The molecule has 6 rings (SSSR count). The van der Waals surface area contributed by atoms with Crippen molar-refractivity contribution in [3.63, 3.8) is 0 Å². The molecule has 8 nitrogen and oxygen atoms in total. The molecular formula is C31H34N4O4S. The highest BCUT2D eigenvalue weighted by atomic mass is 32.1. The van der Waals surface area contributed by atoms with Gasteiger partial charge in [-0.15, -0.1) is 11.3 Å². The number of aliphatic hydroxyl groups is 1. The van der Waals surface area contributed by atoms with E-state index in [1.807, 2.05) is 47.5 Å². The summed E-state index contributed by atoms with van der Waals surface area (Å²) in [6.45, 7) is 4.94. The lowest BCUT2D eigenvalue weighted by Gasteiger charge is -2.38. The van der Waals surface area contributed by atoms with E-state index in [9.17, 15) is 20.0 Å². The molecule has 9 heteroatoms. The van der Waals surface area contributed by atoms with Crippen LogP contribution in [0.15, 0.2) is 35.7 Å². The van der Waals surface area contributed by atoms with Crippen LogP contribution in [0.4, 0.5) is 0 Å². The van der Waals surface area contributed by atoms with E-state index < -0.39 is 17.2 Å². The molecular weight excluding hydrogens is 524 g/mol. The third-order valence-corrected chi connectivity index (χ3v) is 10.1. The van der Waals surface area contributed by atoms with E-state index in [0.29, 0.717) is 49.4 Å². The van der Waals surface area contributed by atoms with Crippen molar-refractivity contribution in [2.24, 2.45) is 0 Å². The van der Waals surface area contributed by atoms with Gasteiger partial charge in [-0.25, -0.2) is 0 Å². The Labute approximate surface area is 238 Å². The van der Waals surface area contributed by atoms with E-state index >= 15 is 0 Å². The van der Waals surface area contributed by atoms with E-state index in [2.05, 4.69) is 16.0 Å². The summed E-state index contributed by atoms with van der Waals surface area (Å²) in [5.41, 5.74) is 3.31. The molecule has 4 heterocycles. The first-order valence-electron chi connectivity index (χ1n) is 13.9. The van der Waals surface area contributed by atoms with E-state index in [1.165, 1.54) is 0 Å². The average molecular weight is 559 g/mol. The number of amides is 2. The summed E-state index contributed by atoms with van der Waals surface area (Å²) in [4.78, 5) is 30.5. The van der Waals surface area contributed by atoms with Crippen LogP contribution in [0.5, 0.6) is 5.75 Å². The van der Waals surface area contributed by atoms with Crippen molar-refractivity contribution in [3.8, 4) is 33.5 Å². The Morgan fingerprint density at radius 3 is 2.60 bits per heavy atom. The van der Waals surface area contributed by atoms with Crippen LogP contribution in [0.3, 0.4) is 0 Å². The van der Waals surface area contributed by atoms with Crippen LogP contribution in [0.2, 0.25) is 0 Å². The first-order chi connectivity index (χ1) is 19.2. The van der Waals surface area contributed by atoms with Crippen LogP contribution in [-0.4, -0.2) is 57.2 Å². The maximum Gasteiger partial charge on any atom is 0.271 e. The van der Waals surface area contributed by atoms with Gasteiger partial charge in [-0.3, -0.25) is 9.59 Å². The molecule has 2 N–H and O–H groups in total. The molecule has 208 valence electrons. The van der Waals surface area contributed by atoms with Crippen LogP contribution in [0.1, 0.15) is 72.4 Å². The minimum Gasteiger partial charge on any atom is -0.496 e. The molecule has 0 radical (unpaired) electrons. The standard InChI is InChI=1S/C31H34N4O4S/c1-19(36)30(2)9-6-12-35(30)29(38)24-17-23(26-7-4-14-40-26)27-21-16-22(28(37)33-31(18-32)10-5-11-31)25(39-3)15-20(21)8-13-34(24)27/h4,7,14-17,19,36H,5-6,8-13H2,1-3H3,(H,33,37)/t19-,30-/m1/s1.